The third-order valence-electron chi connectivity index (χ3n) is 2.32. The van der Waals surface area contributed by atoms with Crippen LogP contribution in [-0.4, -0.2) is 23.8 Å². The van der Waals surface area contributed by atoms with Gasteiger partial charge in [-0.15, -0.1) is 0 Å². The zero-order valence-corrected chi connectivity index (χ0v) is 10.3. The maximum Gasteiger partial charge on any atom is 0.142 e. The largest absolute Gasteiger partial charge is 0.389 e. The lowest BCUT2D eigenvalue weighted by Crippen LogP contribution is -2.39. The molecular weight excluding hydrogens is 229 g/mol. The monoisotopic (exact) mass is 245 g/mol. The second-order valence-electron chi connectivity index (χ2n) is 4.20. The van der Waals surface area contributed by atoms with Crippen LogP contribution in [0.2, 0.25) is 5.02 Å². The molecule has 0 heterocycles. The van der Waals surface area contributed by atoms with Crippen molar-refractivity contribution in [2.75, 3.05) is 13.1 Å². The molecule has 4 heteroatoms. The predicted molar refractivity (Wildman–Crippen MR) is 64.3 cm³/mol. The van der Waals surface area contributed by atoms with Crippen molar-refractivity contribution in [1.82, 2.24) is 5.32 Å². The number of aliphatic hydroxyl groups is 1. The Kier molecular flexibility index (Phi) is 4.71. The molecule has 0 amide bonds. The van der Waals surface area contributed by atoms with E-state index in [1.807, 2.05) is 6.92 Å². The van der Waals surface area contributed by atoms with E-state index in [4.69, 9.17) is 11.6 Å². The Morgan fingerprint density at radius 1 is 1.50 bits per heavy atom. The number of rotatable bonds is 5. The van der Waals surface area contributed by atoms with E-state index in [1.165, 1.54) is 12.1 Å². The highest BCUT2D eigenvalue weighted by Crippen LogP contribution is 2.19. The van der Waals surface area contributed by atoms with Gasteiger partial charge in [0.05, 0.1) is 10.6 Å². The van der Waals surface area contributed by atoms with Gasteiger partial charge in [0.15, 0.2) is 0 Å². The first-order valence-corrected chi connectivity index (χ1v) is 5.69. The molecule has 1 rings (SSSR count). The van der Waals surface area contributed by atoms with Gasteiger partial charge in [0, 0.05) is 13.0 Å². The molecule has 0 radical (unpaired) electrons. The highest BCUT2D eigenvalue weighted by molar-refractivity contribution is 6.30. The zero-order chi connectivity index (χ0) is 12.2. The van der Waals surface area contributed by atoms with E-state index in [9.17, 15) is 9.50 Å². The molecule has 0 bridgehead atoms. The number of halogens is 2. The Hall–Kier alpha value is -0.640. The smallest absolute Gasteiger partial charge is 0.142 e. The van der Waals surface area contributed by atoms with Crippen LogP contribution in [0.1, 0.15) is 19.4 Å². The molecular formula is C12H17ClFNO. The Bertz CT molecular complexity index is 355. The first kappa shape index (κ1) is 13.4. The summed E-state index contributed by atoms with van der Waals surface area (Å²) in [5.41, 5.74) is -0.138. The minimum absolute atomic E-state index is 0.107. The van der Waals surface area contributed by atoms with Crippen molar-refractivity contribution in [1.29, 1.82) is 0 Å². The topological polar surface area (TPSA) is 32.3 Å². The van der Waals surface area contributed by atoms with E-state index in [0.29, 0.717) is 13.0 Å². The summed E-state index contributed by atoms with van der Waals surface area (Å²) in [5.74, 6) is -0.446. The first-order chi connectivity index (χ1) is 7.44. The fourth-order valence-corrected chi connectivity index (χ4v) is 1.66. The van der Waals surface area contributed by atoms with Crippen molar-refractivity contribution < 1.29 is 9.50 Å². The maximum absolute atomic E-state index is 13.2. The van der Waals surface area contributed by atoms with Gasteiger partial charge in [-0.1, -0.05) is 24.6 Å². The molecule has 0 spiro atoms. The molecule has 0 saturated carbocycles. The van der Waals surface area contributed by atoms with Crippen LogP contribution in [0, 0.1) is 5.82 Å². The van der Waals surface area contributed by atoms with E-state index in [-0.39, 0.29) is 5.02 Å². The van der Waals surface area contributed by atoms with Crippen LogP contribution in [-0.2, 0) is 6.42 Å². The van der Waals surface area contributed by atoms with Gasteiger partial charge in [-0.25, -0.2) is 4.39 Å². The number of nitrogens with one attached hydrogen (secondary N) is 1. The molecule has 0 aromatic heterocycles. The highest BCUT2D eigenvalue weighted by Gasteiger charge is 2.20. The summed E-state index contributed by atoms with van der Waals surface area (Å²) >= 11 is 5.59. The number of benzene rings is 1. The highest BCUT2D eigenvalue weighted by atomic mass is 35.5. The summed E-state index contributed by atoms with van der Waals surface area (Å²) in [5, 5.41) is 13.2. The summed E-state index contributed by atoms with van der Waals surface area (Å²) < 4.78 is 13.2. The van der Waals surface area contributed by atoms with Crippen molar-refractivity contribution in [3.8, 4) is 0 Å². The van der Waals surface area contributed by atoms with Gasteiger partial charge in [-0.3, -0.25) is 0 Å². The number of hydrogen-bond donors (Lipinski definition) is 2. The number of hydrogen-bond acceptors (Lipinski definition) is 2. The van der Waals surface area contributed by atoms with E-state index in [2.05, 4.69) is 5.32 Å². The van der Waals surface area contributed by atoms with Gasteiger partial charge >= 0.3 is 0 Å². The zero-order valence-electron chi connectivity index (χ0n) is 9.56. The molecule has 1 aromatic rings. The minimum Gasteiger partial charge on any atom is -0.389 e. The van der Waals surface area contributed by atoms with Crippen molar-refractivity contribution in [2.24, 2.45) is 0 Å². The predicted octanol–water partition coefficient (Wildman–Crippen LogP) is 2.38. The Morgan fingerprint density at radius 3 is 2.75 bits per heavy atom. The summed E-state index contributed by atoms with van der Waals surface area (Å²) in [4.78, 5) is 0. The third-order valence-corrected chi connectivity index (χ3v) is 2.63. The fourth-order valence-electron chi connectivity index (χ4n) is 1.55. The quantitative estimate of drug-likeness (QED) is 0.835. The molecule has 0 fully saturated rings. The molecule has 2 N–H and O–H groups in total. The maximum atomic E-state index is 13.2. The van der Waals surface area contributed by atoms with Crippen LogP contribution < -0.4 is 5.32 Å². The molecule has 90 valence electrons. The molecule has 16 heavy (non-hydrogen) atoms. The van der Waals surface area contributed by atoms with E-state index in [0.717, 1.165) is 12.1 Å². The normalized spacial score (nSPS) is 14.8. The molecule has 0 aliphatic heterocycles. The van der Waals surface area contributed by atoms with Gasteiger partial charge in [0.25, 0.3) is 0 Å². The summed E-state index contributed by atoms with van der Waals surface area (Å²) in [6, 6.07) is 4.60. The van der Waals surface area contributed by atoms with Gasteiger partial charge in [-0.05, 0) is 31.2 Å². The summed E-state index contributed by atoms with van der Waals surface area (Å²) in [7, 11) is 0. The van der Waals surface area contributed by atoms with Crippen molar-refractivity contribution in [3.05, 3.63) is 34.6 Å². The van der Waals surface area contributed by atoms with Crippen LogP contribution in [0.15, 0.2) is 18.2 Å². The van der Waals surface area contributed by atoms with Crippen LogP contribution in [0.25, 0.3) is 0 Å². The van der Waals surface area contributed by atoms with E-state index < -0.39 is 11.4 Å². The van der Waals surface area contributed by atoms with E-state index >= 15 is 0 Å². The average Bonchev–Trinajstić information content (AvgIpc) is 2.20. The van der Waals surface area contributed by atoms with Crippen LogP contribution in [0.4, 0.5) is 4.39 Å². The molecule has 0 aliphatic rings. The second-order valence-corrected chi connectivity index (χ2v) is 4.61. The first-order valence-electron chi connectivity index (χ1n) is 5.31. The fraction of sp³-hybridized carbons (Fsp3) is 0.500. The van der Waals surface area contributed by atoms with Crippen LogP contribution in [0.3, 0.4) is 0 Å². The lowest BCUT2D eigenvalue weighted by molar-refractivity contribution is 0.0607. The SMILES string of the molecule is CCNCC(C)(O)Cc1ccc(Cl)c(F)c1. The van der Waals surface area contributed by atoms with Gasteiger partial charge in [0.1, 0.15) is 5.82 Å². The number of likely N-dealkylation sites (N-methyl/N-ethyl adjacent to an activating group) is 1. The molecule has 2 nitrogen and oxygen atoms in total. The molecule has 1 unspecified atom stereocenters. The lowest BCUT2D eigenvalue weighted by atomic mass is 9.96. The Balaban J connectivity index is 2.68. The second kappa shape index (κ2) is 5.62. The average molecular weight is 246 g/mol. The lowest BCUT2D eigenvalue weighted by Gasteiger charge is -2.23. The van der Waals surface area contributed by atoms with Crippen LogP contribution in [0.5, 0.6) is 0 Å². The minimum atomic E-state index is -0.879. The molecule has 0 aliphatic carbocycles. The summed E-state index contributed by atoms with van der Waals surface area (Å²) in [6.45, 7) is 4.97. The standard InChI is InChI=1S/C12H17ClFNO/c1-3-15-8-12(2,16)7-9-4-5-10(13)11(14)6-9/h4-6,15-16H,3,7-8H2,1-2H3. The molecule has 1 atom stereocenters. The summed E-state index contributed by atoms with van der Waals surface area (Å²) in [6.07, 6.45) is 0.397. The van der Waals surface area contributed by atoms with Gasteiger partial charge in [0.2, 0.25) is 0 Å². The van der Waals surface area contributed by atoms with Crippen LogP contribution >= 0.6 is 11.6 Å². The van der Waals surface area contributed by atoms with E-state index in [1.54, 1.807) is 13.0 Å². The Labute approximate surface area is 100 Å². The van der Waals surface area contributed by atoms with Gasteiger partial charge < -0.3 is 10.4 Å². The third kappa shape index (κ3) is 4.08. The van der Waals surface area contributed by atoms with Crippen molar-refractivity contribution >= 4 is 11.6 Å². The van der Waals surface area contributed by atoms with Crippen molar-refractivity contribution in [3.63, 3.8) is 0 Å². The van der Waals surface area contributed by atoms with Crippen molar-refractivity contribution in [2.45, 2.75) is 25.9 Å². The van der Waals surface area contributed by atoms with Gasteiger partial charge in [-0.2, -0.15) is 0 Å². The molecule has 1 aromatic carbocycles. The molecule has 0 saturated heterocycles. The Morgan fingerprint density at radius 2 is 2.19 bits per heavy atom.